The normalized spacial score (nSPS) is 17.8. The van der Waals surface area contributed by atoms with E-state index in [-0.39, 0.29) is 11.3 Å². The number of carbonyl (C=O) groups is 2. The third-order valence-corrected chi connectivity index (χ3v) is 5.35. The summed E-state index contributed by atoms with van der Waals surface area (Å²) in [7, 11) is 4.63. The van der Waals surface area contributed by atoms with Gasteiger partial charge in [-0.25, -0.2) is 0 Å². The van der Waals surface area contributed by atoms with E-state index in [1.54, 1.807) is 44.6 Å². The van der Waals surface area contributed by atoms with E-state index in [0.717, 1.165) is 5.56 Å². The highest BCUT2D eigenvalue weighted by Gasteiger charge is 2.46. The summed E-state index contributed by atoms with van der Waals surface area (Å²) in [5.41, 5.74) is 2.12. The molecule has 0 bridgehead atoms. The second-order valence-electron chi connectivity index (χ2n) is 7.31. The van der Waals surface area contributed by atoms with Crippen molar-refractivity contribution in [3.8, 4) is 11.5 Å². The van der Waals surface area contributed by atoms with Crippen LogP contribution in [0.15, 0.2) is 48.0 Å². The quantitative estimate of drug-likeness (QED) is 0.302. The number of nitrogens with zero attached hydrogens (tertiary/aromatic N) is 1. The molecule has 0 aliphatic carbocycles. The number of aryl methyl sites for hydroxylation is 1. The number of aliphatic hydroxyl groups is 1. The van der Waals surface area contributed by atoms with Crippen LogP contribution in [0.1, 0.15) is 29.2 Å². The Bertz CT molecular complexity index is 996. The first-order valence-electron chi connectivity index (χ1n) is 9.99. The summed E-state index contributed by atoms with van der Waals surface area (Å²) in [6.07, 6.45) is 0.545. The molecule has 0 spiro atoms. The van der Waals surface area contributed by atoms with Gasteiger partial charge in [-0.05, 0) is 25.5 Å². The van der Waals surface area contributed by atoms with Gasteiger partial charge in [0.15, 0.2) is 0 Å². The average molecular weight is 425 g/mol. The van der Waals surface area contributed by atoms with Crippen molar-refractivity contribution in [2.45, 2.75) is 19.4 Å². The molecule has 2 aromatic rings. The number of methoxy groups -OCH3 is 3. The van der Waals surface area contributed by atoms with Gasteiger partial charge in [-0.2, -0.15) is 0 Å². The van der Waals surface area contributed by atoms with Gasteiger partial charge in [0.05, 0.1) is 25.8 Å². The number of ketones is 1. The van der Waals surface area contributed by atoms with E-state index in [0.29, 0.717) is 42.2 Å². The van der Waals surface area contributed by atoms with Gasteiger partial charge in [-0.3, -0.25) is 9.59 Å². The van der Waals surface area contributed by atoms with Crippen molar-refractivity contribution in [3.63, 3.8) is 0 Å². The van der Waals surface area contributed by atoms with Crippen LogP contribution in [0.2, 0.25) is 0 Å². The number of hydrogen-bond donors (Lipinski definition) is 1. The SMILES string of the molecule is COCCCN1C(=O)C(=O)/C(=C(/O)c2ccc(C)cc2)[C@@H]1c1ccc(OC)cc1OC. The zero-order valence-corrected chi connectivity index (χ0v) is 18.2. The fraction of sp³-hybridized carbons (Fsp3) is 0.333. The summed E-state index contributed by atoms with van der Waals surface area (Å²) < 4.78 is 15.9. The number of amides is 1. The Kier molecular flexibility index (Phi) is 6.97. The zero-order valence-electron chi connectivity index (χ0n) is 18.2. The van der Waals surface area contributed by atoms with E-state index in [2.05, 4.69) is 0 Å². The molecule has 1 aliphatic heterocycles. The van der Waals surface area contributed by atoms with Crippen molar-refractivity contribution in [1.29, 1.82) is 0 Å². The number of rotatable bonds is 8. The van der Waals surface area contributed by atoms with E-state index in [1.165, 1.54) is 12.0 Å². The molecule has 164 valence electrons. The van der Waals surface area contributed by atoms with Crippen LogP contribution in [-0.2, 0) is 14.3 Å². The number of benzene rings is 2. The van der Waals surface area contributed by atoms with E-state index in [9.17, 15) is 14.7 Å². The molecular weight excluding hydrogens is 398 g/mol. The fourth-order valence-electron chi connectivity index (χ4n) is 3.72. The first kappa shape index (κ1) is 22.4. The second-order valence-corrected chi connectivity index (χ2v) is 7.31. The first-order chi connectivity index (χ1) is 14.9. The lowest BCUT2D eigenvalue weighted by Crippen LogP contribution is -2.31. The Morgan fingerprint density at radius 2 is 1.74 bits per heavy atom. The number of ether oxygens (including phenoxy) is 3. The molecule has 1 N–H and O–H groups in total. The van der Waals surface area contributed by atoms with Crippen LogP contribution in [-0.4, -0.2) is 56.2 Å². The molecule has 0 aromatic heterocycles. The first-order valence-corrected chi connectivity index (χ1v) is 9.99. The minimum absolute atomic E-state index is 0.0368. The van der Waals surface area contributed by atoms with Crippen molar-refractivity contribution in [3.05, 3.63) is 64.7 Å². The Morgan fingerprint density at radius 3 is 2.35 bits per heavy atom. The fourth-order valence-corrected chi connectivity index (χ4v) is 3.72. The van der Waals surface area contributed by atoms with Gasteiger partial charge in [-0.15, -0.1) is 0 Å². The maximum absolute atomic E-state index is 13.0. The Balaban J connectivity index is 2.18. The number of hydrogen-bond acceptors (Lipinski definition) is 6. The van der Waals surface area contributed by atoms with Gasteiger partial charge in [0.1, 0.15) is 17.3 Å². The zero-order chi connectivity index (χ0) is 22.5. The van der Waals surface area contributed by atoms with E-state index >= 15 is 0 Å². The Hall–Kier alpha value is -3.32. The second kappa shape index (κ2) is 9.66. The molecule has 1 atom stereocenters. The van der Waals surface area contributed by atoms with Crippen molar-refractivity contribution < 1.29 is 28.9 Å². The van der Waals surface area contributed by atoms with Gasteiger partial charge in [-0.1, -0.05) is 29.8 Å². The predicted octanol–water partition coefficient (Wildman–Crippen LogP) is 3.47. The summed E-state index contributed by atoms with van der Waals surface area (Å²) in [4.78, 5) is 27.4. The molecular formula is C24H27NO6. The van der Waals surface area contributed by atoms with Crippen LogP contribution in [0, 0.1) is 6.92 Å². The molecule has 0 unspecified atom stereocenters. The van der Waals surface area contributed by atoms with E-state index < -0.39 is 17.7 Å². The minimum Gasteiger partial charge on any atom is -0.507 e. The molecule has 1 fully saturated rings. The smallest absolute Gasteiger partial charge is 0.295 e. The predicted molar refractivity (Wildman–Crippen MR) is 116 cm³/mol. The molecule has 3 rings (SSSR count). The van der Waals surface area contributed by atoms with Gasteiger partial charge in [0, 0.05) is 37.5 Å². The van der Waals surface area contributed by atoms with Crippen LogP contribution < -0.4 is 9.47 Å². The molecule has 1 aliphatic rings. The highest BCUT2D eigenvalue weighted by molar-refractivity contribution is 6.46. The van der Waals surface area contributed by atoms with Crippen molar-refractivity contribution >= 4 is 17.4 Å². The molecule has 1 amide bonds. The maximum atomic E-state index is 13.0. The Labute approximate surface area is 181 Å². The lowest BCUT2D eigenvalue weighted by Gasteiger charge is -2.26. The number of carbonyl (C=O) groups excluding carboxylic acids is 2. The highest BCUT2D eigenvalue weighted by atomic mass is 16.5. The summed E-state index contributed by atoms with van der Waals surface area (Å²) in [5, 5.41) is 11.1. The highest BCUT2D eigenvalue weighted by Crippen LogP contribution is 2.43. The third-order valence-electron chi connectivity index (χ3n) is 5.35. The van der Waals surface area contributed by atoms with Crippen molar-refractivity contribution in [2.75, 3.05) is 34.5 Å². The molecule has 7 nitrogen and oxygen atoms in total. The van der Waals surface area contributed by atoms with E-state index in [1.807, 2.05) is 19.1 Å². The average Bonchev–Trinajstić information content (AvgIpc) is 3.03. The monoisotopic (exact) mass is 425 g/mol. The van der Waals surface area contributed by atoms with Crippen LogP contribution in [0.4, 0.5) is 0 Å². The minimum atomic E-state index is -0.793. The maximum Gasteiger partial charge on any atom is 0.295 e. The van der Waals surface area contributed by atoms with Crippen molar-refractivity contribution in [1.82, 2.24) is 4.90 Å². The number of Topliss-reactive ketones (excluding diaryl/α,β-unsaturated/α-hetero) is 1. The van der Waals surface area contributed by atoms with Crippen LogP contribution in [0.3, 0.4) is 0 Å². The number of likely N-dealkylation sites (tertiary alicyclic amines) is 1. The number of aliphatic hydroxyl groups excluding tert-OH is 1. The summed E-state index contributed by atoms with van der Waals surface area (Å²) in [6.45, 7) is 2.66. The van der Waals surface area contributed by atoms with Gasteiger partial charge < -0.3 is 24.2 Å². The lowest BCUT2D eigenvalue weighted by molar-refractivity contribution is -0.140. The molecule has 1 heterocycles. The van der Waals surface area contributed by atoms with Crippen LogP contribution in [0.5, 0.6) is 11.5 Å². The summed E-state index contributed by atoms with van der Waals surface area (Å²) in [6, 6.07) is 11.5. The van der Waals surface area contributed by atoms with E-state index in [4.69, 9.17) is 14.2 Å². The molecule has 7 heteroatoms. The van der Waals surface area contributed by atoms with Gasteiger partial charge in [0.25, 0.3) is 11.7 Å². The standard InChI is InChI=1S/C24H27NO6/c1-15-6-8-16(9-7-15)22(26)20-21(18-11-10-17(30-3)14-19(18)31-4)25(12-5-13-29-2)24(28)23(20)27/h6-11,14,21,26H,5,12-13H2,1-4H3/b22-20+/t21-/m0/s1. The van der Waals surface area contributed by atoms with Gasteiger partial charge >= 0.3 is 0 Å². The molecule has 0 radical (unpaired) electrons. The topological polar surface area (TPSA) is 85.3 Å². The lowest BCUT2D eigenvalue weighted by atomic mass is 9.94. The Morgan fingerprint density at radius 1 is 1.03 bits per heavy atom. The van der Waals surface area contributed by atoms with Crippen molar-refractivity contribution in [2.24, 2.45) is 0 Å². The third kappa shape index (κ3) is 4.41. The molecule has 0 saturated carbocycles. The largest absolute Gasteiger partial charge is 0.507 e. The van der Waals surface area contributed by atoms with Gasteiger partial charge in [0.2, 0.25) is 0 Å². The van der Waals surface area contributed by atoms with Crippen LogP contribution >= 0.6 is 0 Å². The molecule has 1 saturated heterocycles. The molecule has 2 aromatic carbocycles. The summed E-state index contributed by atoms with van der Waals surface area (Å²) in [5.74, 6) is -0.560. The molecule has 31 heavy (non-hydrogen) atoms. The summed E-state index contributed by atoms with van der Waals surface area (Å²) >= 11 is 0. The van der Waals surface area contributed by atoms with Crippen LogP contribution in [0.25, 0.3) is 5.76 Å².